The van der Waals surface area contributed by atoms with E-state index in [1.54, 1.807) is 24.4 Å². The maximum absolute atomic E-state index is 13.2. The van der Waals surface area contributed by atoms with Gasteiger partial charge >= 0.3 is 0 Å². The molecular formula is C20H19FN6O. The number of nitrogens with one attached hydrogen (secondary N) is 2. The van der Waals surface area contributed by atoms with Crippen LogP contribution in [0.25, 0.3) is 0 Å². The van der Waals surface area contributed by atoms with Crippen LogP contribution in [0.5, 0.6) is 0 Å². The monoisotopic (exact) mass is 378 g/mol. The lowest BCUT2D eigenvalue weighted by Crippen LogP contribution is -2.39. The summed E-state index contributed by atoms with van der Waals surface area (Å²) in [4.78, 5) is 26.7. The average Bonchev–Trinajstić information content (AvgIpc) is 2.70. The molecule has 1 unspecified atom stereocenters. The lowest BCUT2D eigenvalue weighted by atomic mass is 10.2. The van der Waals surface area contributed by atoms with Crippen LogP contribution in [0.3, 0.4) is 0 Å². The molecule has 2 aromatic heterocycles. The van der Waals surface area contributed by atoms with Gasteiger partial charge in [0.25, 0.3) is 5.56 Å². The second kappa shape index (κ2) is 7.22. The first-order valence-electron chi connectivity index (χ1n) is 8.97. The molecule has 1 atom stereocenters. The first-order chi connectivity index (χ1) is 13.6. The molecule has 28 heavy (non-hydrogen) atoms. The highest BCUT2D eigenvalue weighted by Crippen LogP contribution is 2.25. The van der Waals surface area contributed by atoms with Gasteiger partial charge in [-0.15, -0.1) is 0 Å². The normalized spacial score (nSPS) is 15.4. The molecule has 0 bridgehead atoms. The summed E-state index contributed by atoms with van der Waals surface area (Å²) in [6.45, 7) is 3.74. The minimum Gasteiger partial charge on any atom is -0.326 e. The molecule has 0 amide bonds. The van der Waals surface area contributed by atoms with Crippen molar-refractivity contribution in [3.05, 3.63) is 81.8 Å². The summed E-state index contributed by atoms with van der Waals surface area (Å²) in [7, 11) is 0. The number of halogens is 1. The molecule has 0 aliphatic carbocycles. The summed E-state index contributed by atoms with van der Waals surface area (Å²) in [6.07, 6.45) is 1.58. The number of hydrogen-bond acceptors (Lipinski definition) is 6. The Labute approximate surface area is 161 Å². The van der Waals surface area contributed by atoms with Crippen molar-refractivity contribution in [2.75, 3.05) is 10.6 Å². The van der Waals surface area contributed by atoms with Gasteiger partial charge < -0.3 is 5.32 Å². The lowest BCUT2D eigenvalue weighted by molar-refractivity contribution is 0.557. The van der Waals surface area contributed by atoms with Gasteiger partial charge in [-0.1, -0.05) is 13.0 Å². The molecular weight excluding hydrogens is 359 g/mol. The van der Waals surface area contributed by atoms with Crippen LogP contribution in [-0.4, -0.2) is 20.5 Å². The van der Waals surface area contributed by atoms with Crippen LogP contribution in [0.2, 0.25) is 0 Å². The molecule has 0 saturated carbocycles. The van der Waals surface area contributed by atoms with Crippen molar-refractivity contribution in [1.82, 2.24) is 14.5 Å². The molecule has 3 aromatic rings. The van der Waals surface area contributed by atoms with E-state index in [9.17, 15) is 9.18 Å². The minimum atomic E-state index is -0.661. The highest BCUT2D eigenvalue weighted by molar-refractivity contribution is 6.03. The minimum absolute atomic E-state index is 0.141. The van der Waals surface area contributed by atoms with E-state index in [0.29, 0.717) is 41.0 Å². The fraction of sp³-hybridized carbons (Fsp3) is 0.200. The Hall–Kier alpha value is -3.55. The highest BCUT2D eigenvalue weighted by atomic mass is 19.1. The molecule has 142 valence electrons. The molecule has 0 spiro atoms. The molecule has 0 saturated heterocycles. The van der Waals surface area contributed by atoms with E-state index in [-0.39, 0.29) is 11.4 Å². The van der Waals surface area contributed by atoms with Gasteiger partial charge in [-0.05, 0) is 49.7 Å². The maximum atomic E-state index is 13.2. The highest BCUT2D eigenvalue weighted by Gasteiger charge is 2.27. The number of aryl methyl sites for hydroxylation is 1. The number of aliphatic imine (C=N–C) groups is 1. The van der Waals surface area contributed by atoms with Crippen molar-refractivity contribution in [2.45, 2.75) is 26.4 Å². The van der Waals surface area contributed by atoms with Gasteiger partial charge in [0.05, 0.1) is 5.69 Å². The van der Waals surface area contributed by atoms with Crippen molar-refractivity contribution < 1.29 is 4.39 Å². The molecule has 7 nitrogen and oxygen atoms in total. The fourth-order valence-electron chi connectivity index (χ4n) is 3.18. The molecule has 0 radical (unpaired) electrons. The number of rotatable bonds is 3. The van der Waals surface area contributed by atoms with Crippen LogP contribution in [0.1, 0.15) is 30.0 Å². The zero-order valence-corrected chi connectivity index (χ0v) is 15.5. The molecule has 1 aliphatic heterocycles. The second-order valence-corrected chi connectivity index (χ2v) is 6.39. The van der Waals surface area contributed by atoms with Crippen molar-refractivity contribution in [3.63, 3.8) is 0 Å². The number of aromatic nitrogens is 3. The van der Waals surface area contributed by atoms with Gasteiger partial charge in [-0.3, -0.25) is 15.1 Å². The van der Waals surface area contributed by atoms with Crippen LogP contribution in [-0.2, 0) is 6.42 Å². The van der Waals surface area contributed by atoms with Crippen molar-refractivity contribution in [2.24, 2.45) is 4.99 Å². The zero-order valence-electron chi connectivity index (χ0n) is 15.5. The van der Waals surface area contributed by atoms with Crippen molar-refractivity contribution in [3.8, 4) is 0 Å². The van der Waals surface area contributed by atoms with E-state index in [1.807, 2.05) is 26.0 Å². The SMILES string of the molecule is CCc1c(C)nc2n(c1=O)C(c1ccccn1)N=C(Nc1ccc(F)cc1)N2. The van der Waals surface area contributed by atoms with E-state index in [1.165, 1.54) is 16.7 Å². The van der Waals surface area contributed by atoms with E-state index >= 15 is 0 Å². The third-order valence-corrected chi connectivity index (χ3v) is 4.55. The Balaban J connectivity index is 1.82. The Kier molecular flexibility index (Phi) is 4.60. The Morgan fingerprint density at radius 2 is 2.00 bits per heavy atom. The first-order valence-corrected chi connectivity index (χ1v) is 8.97. The molecule has 3 heterocycles. The van der Waals surface area contributed by atoms with Crippen molar-refractivity contribution in [1.29, 1.82) is 0 Å². The fourth-order valence-corrected chi connectivity index (χ4v) is 3.18. The number of fused-ring (bicyclic) bond motifs is 1. The van der Waals surface area contributed by atoms with E-state index in [0.717, 1.165) is 0 Å². The summed E-state index contributed by atoms with van der Waals surface area (Å²) in [5, 5.41) is 6.17. The summed E-state index contributed by atoms with van der Waals surface area (Å²) in [6, 6.07) is 11.4. The first kappa shape index (κ1) is 17.8. The lowest BCUT2D eigenvalue weighted by Gasteiger charge is -2.27. The Bertz CT molecular complexity index is 1090. The van der Waals surface area contributed by atoms with E-state index < -0.39 is 6.17 Å². The van der Waals surface area contributed by atoms with Crippen LogP contribution in [0.15, 0.2) is 58.4 Å². The molecule has 1 aliphatic rings. The van der Waals surface area contributed by atoms with Gasteiger partial charge in [0.2, 0.25) is 11.9 Å². The van der Waals surface area contributed by atoms with Crippen LogP contribution < -0.4 is 16.2 Å². The third kappa shape index (κ3) is 3.24. The zero-order chi connectivity index (χ0) is 19.7. The quantitative estimate of drug-likeness (QED) is 0.732. The molecule has 0 fully saturated rings. The number of anilines is 2. The number of benzene rings is 1. The number of guanidine groups is 1. The predicted molar refractivity (Wildman–Crippen MR) is 106 cm³/mol. The standard InChI is InChI=1S/C20H19FN6O/c1-3-15-12(2)23-20-26-19(24-14-9-7-13(21)8-10-14)25-17(27(20)18(15)28)16-6-4-5-11-22-16/h4-11,17H,3H2,1-2H3,(H2,23,24,25,26). The topological polar surface area (TPSA) is 84.2 Å². The largest absolute Gasteiger partial charge is 0.326 e. The molecule has 8 heteroatoms. The molecule has 4 rings (SSSR count). The van der Waals surface area contributed by atoms with Gasteiger partial charge in [0.1, 0.15) is 5.82 Å². The summed E-state index contributed by atoms with van der Waals surface area (Å²) in [5.74, 6) is 0.463. The van der Waals surface area contributed by atoms with Gasteiger partial charge in [-0.25, -0.2) is 18.9 Å². The third-order valence-electron chi connectivity index (χ3n) is 4.55. The van der Waals surface area contributed by atoms with Crippen molar-refractivity contribution >= 4 is 17.6 Å². The molecule has 1 aromatic carbocycles. The average molecular weight is 378 g/mol. The Morgan fingerprint density at radius 1 is 1.21 bits per heavy atom. The molecule has 2 N–H and O–H groups in total. The smallest absolute Gasteiger partial charge is 0.260 e. The van der Waals surface area contributed by atoms with Gasteiger partial charge in [0.15, 0.2) is 6.17 Å². The second-order valence-electron chi connectivity index (χ2n) is 6.39. The van der Waals surface area contributed by atoms with Crippen LogP contribution >= 0.6 is 0 Å². The number of hydrogen-bond donors (Lipinski definition) is 2. The summed E-state index contributed by atoms with van der Waals surface area (Å²) < 4.78 is 14.7. The van der Waals surface area contributed by atoms with E-state index in [2.05, 4.69) is 25.6 Å². The summed E-state index contributed by atoms with van der Waals surface area (Å²) in [5.41, 5.74) is 2.46. The van der Waals surface area contributed by atoms with E-state index in [4.69, 9.17) is 0 Å². The predicted octanol–water partition coefficient (Wildman–Crippen LogP) is 3.09. The number of pyridine rings is 1. The van der Waals surface area contributed by atoms with Gasteiger partial charge in [0, 0.05) is 23.1 Å². The van der Waals surface area contributed by atoms with Gasteiger partial charge in [-0.2, -0.15) is 0 Å². The van der Waals surface area contributed by atoms with Crippen LogP contribution in [0.4, 0.5) is 16.0 Å². The summed E-state index contributed by atoms with van der Waals surface area (Å²) >= 11 is 0. The maximum Gasteiger partial charge on any atom is 0.260 e. The van der Waals surface area contributed by atoms with Crippen LogP contribution in [0, 0.1) is 12.7 Å². The number of nitrogens with zero attached hydrogens (tertiary/aromatic N) is 4. The Morgan fingerprint density at radius 3 is 2.68 bits per heavy atom.